The van der Waals surface area contributed by atoms with Crippen LogP contribution >= 0.6 is 0 Å². The van der Waals surface area contributed by atoms with Gasteiger partial charge in [0.15, 0.2) is 6.04 Å². The second kappa shape index (κ2) is 4.48. The molecule has 17 heavy (non-hydrogen) atoms. The molecule has 1 unspecified atom stereocenters. The number of rotatable bonds is 1. The Kier molecular flexibility index (Phi) is 3.19. The van der Waals surface area contributed by atoms with Crippen molar-refractivity contribution in [1.82, 2.24) is 0 Å². The molecule has 0 bridgehead atoms. The fourth-order valence-electron chi connectivity index (χ4n) is 2.66. The van der Waals surface area contributed by atoms with Gasteiger partial charge < -0.3 is 0 Å². The molecule has 0 N–H and O–H groups in total. The van der Waals surface area contributed by atoms with Crippen molar-refractivity contribution < 1.29 is 4.58 Å². The van der Waals surface area contributed by atoms with Crippen LogP contribution in [-0.4, -0.2) is 23.4 Å². The first kappa shape index (κ1) is 12.1. The third-order valence-electron chi connectivity index (χ3n) is 3.87. The fraction of sp³-hybridized carbons (Fsp3) is 0.438. The summed E-state index contributed by atoms with van der Waals surface area (Å²) in [5, 5.41) is 0. The Balaban J connectivity index is 2.67. The van der Waals surface area contributed by atoms with Crippen LogP contribution < -0.4 is 0 Å². The summed E-state index contributed by atoms with van der Waals surface area (Å²) in [6.45, 7) is 8.92. The number of hydrogen-bond donors (Lipinski definition) is 0. The van der Waals surface area contributed by atoms with Crippen molar-refractivity contribution in [3.8, 4) is 0 Å². The van der Waals surface area contributed by atoms with Crippen LogP contribution in [0.1, 0.15) is 37.0 Å². The Morgan fingerprint density at radius 3 is 2.29 bits per heavy atom. The van der Waals surface area contributed by atoms with Crippen molar-refractivity contribution in [3.63, 3.8) is 0 Å². The molecule has 1 atom stereocenters. The second-order valence-corrected chi connectivity index (χ2v) is 5.20. The third kappa shape index (κ3) is 2.06. The van der Waals surface area contributed by atoms with Crippen LogP contribution in [0.4, 0.5) is 0 Å². The third-order valence-corrected chi connectivity index (χ3v) is 3.87. The minimum atomic E-state index is 0.590. The molecule has 2 rings (SSSR count). The zero-order chi connectivity index (χ0) is 12.6. The number of nitrogens with zero attached hydrogens (tertiary/aromatic N) is 1. The lowest BCUT2D eigenvalue weighted by atomic mass is 9.91. The van der Waals surface area contributed by atoms with Crippen LogP contribution in [-0.2, 0) is 0 Å². The summed E-state index contributed by atoms with van der Waals surface area (Å²) in [5.74, 6) is 0. The monoisotopic (exact) mass is 228 g/mol. The van der Waals surface area contributed by atoms with E-state index in [0.717, 1.165) is 6.42 Å². The molecular weight excluding hydrogens is 206 g/mol. The highest BCUT2D eigenvalue weighted by Crippen LogP contribution is 2.22. The maximum Gasteiger partial charge on any atom is 0.210 e. The number of benzene rings is 1. The molecule has 1 aromatic carbocycles. The van der Waals surface area contributed by atoms with Gasteiger partial charge in [0.25, 0.3) is 0 Å². The molecule has 0 saturated carbocycles. The quantitative estimate of drug-likeness (QED) is 0.647. The van der Waals surface area contributed by atoms with E-state index in [1.807, 2.05) is 0 Å². The van der Waals surface area contributed by atoms with Crippen LogP contribution in [0, 0.1) is 13.8 Å². The van der Waals surface area contributed by atoms with Gasteiger partial charge in [0.2, 0.25) is 5.71 Å². The van der Waals surface area contributed by atoms with Crippen molar-refractivity contribution in [2.45, 2.75) is 40.2 Å². The van der Waals surface area contributed by atoms with E-state index in [1.54, 1.807) is 0 Å². The van der Waals surface area contributed by atoms with Gasteiger partial charge in [0.1, 0.15) is 7.05 Å². The summed E-state index contributed by atoms with van der Waals surface area (Å²) >= 11 is 0. The largest absolute Gasteiger partial charge is 0.229 e. The van der Waals surface area contributed by atoms with Gasteiger partial charge in [-0.1, -0.05) is 24.3 Å². The van der Waals surface area contributed by atoms with E-state index >= 15 is 0 Å². The zero-order valence-corrected chi connectivity index (χ0v) is 11.5. The average Bonchev–Trinajstić information content (AvgIpc) is 2.28. The van der Waals surface area contributed by atoms with Crippen molar-refractivity contribution in [3.05, 3.63) is 46.5 Å². The number of aryl methyl sites for hydroxylation is 2. The highest BCUT2D eigenvalue weighted by atomic mass is 15.0. The van der Waals surface area contributed by atoms with Gasteiger partial charge in [0.05, 0.1) is 5.56 Å². The molecule has 90 valence electrons. The Morgan fingerprint density at radius 2 is 1.71 bits per heavy atom. The van der Waals surface area contributed by atoms with Gasteiger partial charge >= 0.3 is 0 Å². The predicted molar refractivity (Wildman–Crippen MR) is 74.0 cm³/mol. The topological polar surface area (TPSA) is 3.01 Å². The van der Waals surface area contributed by atoms with Gasteiger partial charge in [-0.15, -0.1) is 0 Å². The SMILES string of the molecule is CC1=CCC(C)[N+](C)=C1c1c(C)cccc1C. The molecular formula is C16H22N+. The van der Waals surface area contributed by atoms with Crippen molar-refractivity contribution in [2.75, 3.05) is 7.05 Å². The molecule has 0 radical (unpaired) electrons. The maximum absolute atomic E-state index is 2.42. The molecule has 0 saturated heterocycles. The highest BCUT2D eigenvalue weighted by Gasteiger charge is 2.26. The van der Waals surface area contributed by atoms with E-state index in [1.165, 1.54) is 28.0 Å². The molecule has 0 aliphatic carbocycles. The lowest BCUT2D eigenvalue weighted by Crippen LogP contribution is -2.31. The molecule has 1 heteroatoms. The molecule has 1 nitrogen and oxygen atoms in total. The molecule has 0 spiro atoms. The Morgan fingerprint density at radius 1 is 1.12 bits per heavy atom. The molecule has 1 aliphatic heterocycles. The first-order valence-electron chi connectivity index (χ1n) is 6.36. The predicted octanol–water partition coefficient (Wildman–Crippen LogP) is 3.47. The van der Waals surface area contributed by atoms with E-state index in [2.05, 4.69) is 63.6 Å². The summed E-state index contributed by atoms with van der Waals surface area (Å²) < 4.78 is 2.42. The van der Waals surface area contributed by atoms with E-state index in [4.69, 9.17) is 0 Å². The van der Waals surface area contributed by atoms with Crippen LogP contribution in [0.2, 0.25) is 0 Å². The van der Waals surface area contributed by atoms with Gasteiger partial charge in [-0.3, -0.25) is 0 Å². The molecule has 0 amide bonds. The zero-order valence-electron chi connectivity index (χ0n) is 11.5. The lowest BCUT2D eigenvalue weighted by molar-refractivity contribution is -0.533. The van der Waals surface area contributed by atoms with E-state index in [0.29, 0.717) is 6.04 Å². The molecule has 0 fully saturated rings. The van der Waals surface area contributed by atoms with Gasteiger partial charge in [0, 0.05) is 12.0 Å². The first-order valence-corrected chi connectivity index (χ1v) is 6.36. The number of hydrogen-bond acceptors (Lipinski definition) is 0. The van der Waals surface area contributed by atoms with Crippen molar-refractivity contribution in [1.29, 1.82) is 0 Å². The van der Waals surface area contributed by atoms with Crippen LogP contribution in [0.15, 0.2) is 29.8 Å². The van der Waals surface area contributed by atoms with Crippen LogP contribution in [0.25, 0.3) is 0 Å². The minimum absolute atomic E-state index is 0.590. The molecule has 1 heterocycles. The summed E-state index contributed by atoms with van der Waals surface area (Å²) in [7, 11) is 2.21. The molecule has 1 aliphatic rings. The summed E-state index contributed by atoms with van der Waals surface area (Å²) in [6.07, 6.45) is 3.52. The Hall–Kier alpha value is -1.37. The fourth-order valence-corrected chi connectivity index (χ4v) is 2.66. The van der Waals surface area contributed by atoms with Crippen LogP contribution in [0.3, 0.4) is 0 Å². The summed E-state index contributed by atoms with van der Waals surface area (Å²) in [4.78, 5) is 0. The first-order chi connectivity index (χ1) is 8.02. The van der Waals surface area contributed by atoms with Gasteiger partial charge in [-0.25, -0.2) is 4.58 Å². The van der Waals surface area contributed by atoms with Crippen LogP contribution in [0.5, 0.6) is 0 Å². The minimum Gasteiger partial charge on any atom is -0.229 e. The Labute approximate surface area is 104 Å². The second-order valence-electron chi connectivity index (χ2n) is 5.20. The average molecular weight is 228 g/mol. The standard InChI is InChI=1S/C16H22N/c1-11-7-6-8-12(2)15(11)16-13(3)9-10-14(4)17(16)5/h6-9,14H,10H2,1-5H3/q+1. The lowest BCUT2D eigenvalue weighted by Gasteiger charge is -2.19. The Bertz CT molecular complexity index is 486. The summed E-state index contributed by atoms with van der Waals surface area (Å²) in [6, 6.07) is 7.14. The smallest absolute Gasteiger partial charge is 0.210 e. The summed E-state index contributed by atoms with van der Waals surface area (Å²) in [5.41, 5.74) is 6.96. The van der Waals surface area contributed by atoms with E-state index in [9.17, 15) is 0 Å². The maximum atomic E-state index is 2.42. The molecule has 1 aromatic rings. The highest BCUT2D eigenvalue weighted by molar-refractivity contribution is 6.11. The van der Waals surface area contributed by atoms with E-state index in [-0.39, 0.29) is 0 Å². The molecule has 0 aromatic heterocycles. The number of allylic oxidation sites excluding steroid dienone is 1. The van der Waals surface area contributed by atoms with Crippen molar-refractivity contribution >= 4 is 5.71 Å². The van der Waals surface area contributed by atoms with Gasteiger partial charge in [-0.05, 0) is 38.8 Å². The normalized spacial score (nSPS) is 20.5. The van der Waals surface area contributed by atoms with Gasteiger partial charge in [-0.2, -0.15) is 0 Å². The van der Waals surface area contributed by atoms with Crippen molar-refractivity contribution in [2.24, 2.45) is 0 Å². The van der Waals surface area contributed by atoms with E-state index < -0.39 is 0 Å².